The van der Waals surface area contributed by atoms with Crippen molar-refractivity contribution < 1.29 is 81.2 Å². The zero-order valence-electron chi connectivity index (χ0n) is 30.7. The summed E-state index contributed by atoms with van der Waals surface area (Å²) < 4.78 is 53.5. The molecule has 1 aliphatic heterocycles. The van der Waals surface area contributed by atoms with Gasteiger partial charge in [-0.3, -0.25) is 24.0 Å². The molecule has 54 heavy (non-hydrogen) atoms. The smallest absolute Gasteiger partial charge is 0.339 e. The molecule has 0 bridgehead atoms. The summed E-state index contributed by atoms with van der Waals surface area (Å²) in [4.78, 5) is 73.5. The van der Waals surface area contributed by atoms with Gasteiger partial charge in [0.15, 0.2) is 18.3 Å². The van der Waals surface area contributed by atoms with E-state index in [-0.39, 0.29) is 55.5 Å². The van der Waals surface area contributed by atoms with E-state index in [9.17, 15) is 33.9 Å². The van der Waals surface area contributed by atoms with Crippen LogP contribution >= 0.6 is 0 Å². The van der Waals surface area contributed by atoms with Gasteiger partial charge in [-0.15, -0.1) is 6.42 Å². The van der Waals surface area contributed by atoms with Crippen molar-refractivity contribution in [3.63, 3.8) is 0 Å². The first-order valence-electron chi connectivity index (χ1n) is 16.9. The van der Waals surface area contributed by atoms with E-state index in [1.54, 1.807) is 0 Å². The molecule has 2 amide bonds. The number of rotatable bonds is 24. The van der Waals surface area contributed by atoms with E-state index in [4.69, 9.17) is 53.8 Å². The fourth-order valence-corrected chi connectivity index (χ4v) is 4.79. The predicted octanol–water partition coefficient (Wildman–Crippen LogP) is -0.215. The van der Waals surface area contributed by atoms with Crippen LogP contribution in [0.25, 0.3) is 0 Å². The van der Waals surface area contributed by atoms with E-state index in [2.05, 4.69) is 16.6 Å². The van der Waals surface area contributed by atoms with Gasteiger partial charge in [-0.1, -0.05) is 5.92 Å². The summed E-state index contributed by atoms with van der Waals surface area (Å²) >= 11 is 0. The van der Waals surface area contributed by atoms with Gasteiger partial charge < -0.3 is 63.1 Å². The van der Waals surface area contributed by atoms with Crippen LogP contribution in [0.5, 0.6) is 5.75 Å². The molecular formula is C35H48N2O17. The molecule has 1 heterocycles. The number of hydrogen-bond acceptors (Lipinski definition) is 17. The minimum Gasteiger partial charge on any atom is -0.467 e. The van der Waals surface area contributed by atoms with E-state index in [1.165, 1.54) is 18.2 Å². The van der Waals surface area contributed by atoms with Crippen LogP contribution in [0.4, 0.5) is 5.69 Å². The van der Waals surface area contributed by atoms with Crippen LogP contribution in [0.3, 0.4) is 0 Å². The van der Waals surface area contributed by atoms with E-state index in [1.807, 2.05) is 0 Å². The molecule has 2 rings (SSSR count). The molecule has 1 saturated heterocycles. The third-order valence-electron chi connectivity index (χ3n) is 7.04. The number of hydrogen-bond donors (Lipinski definition) is 3. The van der Waals surface area contributed by atoms with Crippen molar-refractivity contribution in [1.82, 2.24) is 5.32 Å². The molecule has 0 radical (unpaired) electrons. The van der Waals surface area contributed by atoms with E-state index in [0.29, 0.717) is 39.6 Å². The number of carbonyl (C=O) groups excluding carboxylic acids is 6. The van der Waals surface area contributed by atoms with Crippen LogP contribution in [0.15, 0.2) is 18.2 Å². The molecule has 3 unspecified atom stereocenters. The summed E-state index contributed by atoms with van der Waals surface area (Å²) in [5.74, 6) is -2.13. The Hall–Kier alpha value is -4.84. The molecule has 19 heteroatoms. The average Bonchev–Trinajstić information content (AvgIpc) is 3.12. The first-order chi connectivity index (χ1) is 25.9. The third kappa shape index (κ3) is 16.9. The molecule has 3 N–H and O–H groups in total. The minimum absolute atomic E-state index is 0.0330. The van der Waals surface area contributed by atoms with Crippen molar-refractivity contribution >= 4 is 41.4 Å². The lowest BCUT2D eigenvalue weighted by Gasteiger charge is -2.43. The molecular weight excluding hydrogens is 720 g/mol. The highest BCUT2D eigenvalue weighted by Gasteiger charge is 2.56. The highest BCUT2D eigenvalue weighted by atomic mass is 16.7. The second kappa shape index (κ2) is 25.2. The lowest BCUT2D eigenvalue weighted by molar-refractivity contribution is -0.282. The molecule has 1 aromatic rings. The predicted molar refractivity (Wildman–Crippen MR) is 183 cm³/mol. The molecule has 0 saturated carbocycles. The number of aliphatic hydroxyl groups excluding tert-OH is 1. The number of aliphatic hydroxyl groups is 1. The van der Waals surface area contributed by atoms with E-state index < -0.39 is 67.1 Å². The monoisotopic (exact) mass is 768 g/mol. The topological polar surface area (TPSA) is 239 Å². The molecule has 1 aromatic carbocycles. The molecule has 1 aliphatic rings. The highest BCUT2D eigenvalue weighted by Crippen LogP contribution is 2.33. The summed E-state index contributed by atoms with van der Waals surface area (Å²) in [7, 11) is 1.05. The van der Waals surface area contributed by atoms with Crippen LogP contribution in [-0.4, -0.2) is 138 Å². The Morgan fingerprint density at radius 1 is 0.778 bits per heavy atom. The van der Waals surface area contributed by atoms with Gasteiger partial charge in [0.1, 0.15) is 12.4 Å². The molecule has 5 atom stereocenters. The second-order valence-electron chi connectivity index (χ2n) is 11.3. The number of terminal acetylenes is 1. The van der Waals surface area contributed by atoms with Crippen LogP contribution in [0, 0.1) is 12.3 Å². The summed E-state index contributed by atoms with van der Waals surface area (Å²) in [6, 6.07) is 4.16. The number of ether oxygens (including phenoxy) is 10. The number of amides is 2. The average molecular weight is 769 g/mol. The summed E-state index contributed by atoms with van der Waals surface area (Å²) in [6.07, 6.45) is -3.26. The maximum atomic E-state index is 12.7. The SMILES string of the molecule is C#CCOCCOCCOCCOCCNC(=O)CCC(=O)Nc1ccc(O[C@@H]2OC(C(=O)OC)[C@@H](OC(C)=O)C(OC(C)=O)C2OC(C)=O)c(CO)c1. The number of benzene rings is 1. The number of esters is 4. The highest BCUT2D eigenvalue weighted by molar-refractivity contribution is 5.93. The van der Waals surface area contributed by atoms with Crippen LogP contribution in [-0.2, 0) is 78.0 Å². The van der Waals surface area contributed by atoms with Crippen molar-refractivity contribution in [1.29, 1.82) is 0 Å². The van der Waals surface area contributed by atoms with E-state index >= 15 is 0 Å². The molecule has 19 nitrogen and oxygen atoms in total. The number of anilines is 1. The van der Waals surface area contributed by atoms with Gasteiger partial charge >= 0.3 is 23.9 Å². The minimum atomic E-state index is -1.69. The van der Waals surface area contributed by atoms with Gasteiger partial charge in [0, 0.05) is 51.4 Å². The lowest BCUT2D eigenvalue weighted by atomic mass is 9.97. The lowest BCUT2D eigenvalue weighted by Crippen LogP contribution is -2.64. The first kappa shape index (κ1) is 45.3. The van der Waals surface area contributed by atoms with Crippen molar-refractivity contribution in [2.45, 2.75) is 70.9 Å². The zero-order chi connectivity index (χ0) is 39.9. The van der Waals surface area contributed by atoms with Crippen molar-refractivity contribution in [2.75, 3.05) is 71.8 Å². The fraction of sp³-hybridized carbons (Fsp3) is 0.600. The van der Waals surface area contributed by atoms with Gasteiger partial charge in [0.2, 0.25) is 24.2 Å². The summed E-state index contributed by atoms with van der Waals surface area (Å²) in [5.41, 5.74) is 0.367. The van der Waals surface area contributed by atoms with Gasteiger partial charge in [-0.25, -0.2) is 4.79 Å². The fourth-order valence-electron chi connectivity index (χ4n) is 4.79. The summed E-state index contributed by atoms with van der Waals surface area (Å²) in [5, 5.41) is 15.4. The number of methoxy groups -OCH3 is 1. The molecule has 1 fully saturated rings. The number of carbonyl (C=O) groups is 6. The largest absolute Gasteiger partial charge is 0.467 e. The molecule has 0 aliphatic carbocycles. The zero-order valence-corrected chi connectivity index (χ0v) is 30.7. The third-order valence-corrected chi connectivity index (χ3v) is 7.04. The van der Waals surface area contributed by atoms with Crippen LogP contribution < -0.4 is 15.4 Å². The van der Waals surface area contributed by atoms with Gasteiger partial charge in [-0.05, 0) is 18.2 Å². The Labute approximate surface area is 312 Å². The van der Waals surface area contributed by atoms with Crippen molar-refractivity contribution in [2.24, 2.45) is 0 Å². The van der Waals surface area contributed by atoms with Gasteiger partial charge in [-0.2, -0.15) is 0 Å². The van der Waals surface area contributed by atoms with Crippen molar-refractivity contribution in [3.8, 4) is 18.1 Å². The Balaban J connectivity index is 1.90. The van der Waals surface area contributed by atoms with Crippen molar-refractivity contribution in [3.05, 3.63) is 23.8 Å². The maximum absolute atomic E-state index is 12.7. The molecule has 300 valence electrons. The Kier molecular flexibility index (Phi) is 21.2. The Bertz CT molecular complexity index is 1430. The van der Waals surface area contributed by atoms with E-state index in [0.717, 1.165) is 27.9 Å². The second-order valence-corrected chi connectivity index (χ2v) is 11.3. The Morgan fingerprint density at radius 3 is 1.91 bits per heavy atom. The quantitative estimate of drug-likeness (QED) is 0.0533. The molecule has 0 aromatic heterocycles. The maximum Gasteiger partial charge on any atom is 0.339 e. The normalized spacial score (nSPS) is 19.1. The van der Waals surface area contributed by atoms with Gasteiger partial charge in [0.05, 0.1) is 60.0 Å². The molecule has 0 spiro atoms. The Morgan fingerprint density at radius 2 is 1.33 bits per heavy atom. The first-order valence-corrected chi connectivity index (χ1v) is 16.9. The number of nitrogens with one attached hydrogen (secondary N) is 2. The van der Waals surface area contributed by atoms with Crippen LogP contribution in [0.1, 0.15) is 39.2 Å². The standard InChI is InChI=1S/C35H48N2O17/c1-6-12-46-14-16-48-18-19-49-17-15-47-13-11-36-28(42)9-10-29(43)37-26-7-8-27(25(20-26)21-38)53-35-33(52-24(4)41)31(51-23(3)40)30(50-22(2)39)32(54-35)34(44)45-5/h1,7-8,20,30-33,35,38H,9-19,21H2,2-5H3,(H,36,42)(H,37,43)/t30-,31?,32?,33?,35+/m0/s1. The van der Waals surface area contributed by atoms with Gasteiger partial charge in [0.25, 0.3) is 0 Å². The summed E-state index contributed by atoms with van der Waals surface area (Å²) in [6.45, 7) is 5.57. The van der Waals surface area contributed by atoms with Crippen LogP contribution in [0.2, 0.25) is 0 Å².